The fourth-order valence-electron chi connectivity index (χ4n) is 1.68. The number of hydrogen-bond donors (Lipinski definition) is 0. The summed E-state index contributed by atoms with van der Waals surface area (Å²) in [6.45, 7) is 1.31. The number of rotatable bonds is 5. The molecule has 0 atom stereocenters. The zero-order valence-electron chi connectivity index (χ0n) is 10.9. The predicted molar refractivity (Wildman–Crippen MR) is 83.6 cm³/mol. The van der Waals surface area contributed by atoms with Gasteiger partial charge in [0.1, 0.15) is 10.0 Å². The summed E-state index contributed by atoms with van der Waals surface area (Å²) in [5, 5.41) is 4.45. The average Bonchev–Trinajstić information content (AvgIpc) is 2.89. The van der Waals surface area contributed by atoms with Crippen molar-refractivity contribution in [2.24, 2.45) is 0 Å². The Morgan fingerprint density at radius 1 is 1.40 bits per heavy atom. The summed E-state index contributed by atoms with van der Waals surface area (Å²) in [7, 11) is 3.89. The van der Waals surface area contributed by atoms with Crippen LogP contribution in [0.5, 0.6) is 0 Å². The van der Waals surface area contributed by atoms with Gasteiger partial charge in [0.05, 0.1) is 27.7 Å². The lowest BCUT2D eigenvalue weighted by atomic mass is 10.1. The predicted octanol–water partition coefficient (Wildman–Crippen LogP) is 3.70. The quantitative estimate of drug-likeness (QED) is 0.770. The number of nitrogens with zero attached hydrogens (tertiary/aromatic N) is 3. The third-order valence-electron chi connectivity index (χ3n) is 2.67. The highest BCUT2D eigenvalue weighted by molar-refractivity contribution is 7.20. The van der Waals surface area contributed by atoms with E-state index in [0.717, 1.165) is 17.9 Å². The Bertz CT molecular complexity index is 636. The van der Waals surface area contributed by atoms with Crippen molar-refractivity contribution in [1.82, 2.24) is 14.7 Å². The van der Waals surface area contributed by atoms with Crippen molar-refractivity contribution in [3.63, 3.8) is 0 Å². The number of ketones is 1. The number of thiophene rings is 1. The largest absolute Gasteiger partial charge is 0.308 e. The van der Waals surface area contributed by atoms with Crippen LogP contribution in [0, 0.1) is 0 Å². The molecule has 0 radical (unpaired) electrons. The highest BCUT2D eigenvalue weighted by atomic mass is 35.5. The highest BCUT2D eigenvalue weighted by Gasteiger charge is 2.23. The number of likely N-dealkylation sites (N-methyl/N-ethyl adjacent to an activating group) is 1. The number of carbonyl (C=O) groups excluding carboxylic acids is 1. The van der Waals surface area contributed by atoms with E-state index in [-0.39, 0.29) is 5.78 Å². The van der Waals surface area contributed by atoms with Crippen LogP contribution in [-0.2, 0) is 6.54 Å². The minimum Gasteiger partial charge on any atom is -0.308 e. The van der Waals surface area contributed by atoms with Gasteiger partial charge in [0.15, 0.2) is 0 Å². The van der Waals surface area contributed by atoms with Crippen molar-refractivity contribution >= 4 is 51.9 Å². The lowest BCUT2D eigenvalue weighted by Gasteiger charge is -2.11. The minimum absolute atomic E-state index is 0.264. The second-order valence-corrected chi connectivity index (χ2v) is 7.13. The lowest BCUT2D eigenvalue weighted by Crippen LogP contribution is -2.21. The fourth-order valence-corrected chi connectivity index (χ4v) is 3.36. The van der Waals surface area contributed by atoms with Gasteiger partial charge in [-0.05, 0) is 20.2 Å². The highest BCUT2D eigenvalue weighted by Crippen LogP contribution is 2.33. The van der Waals surface area contributed by atoms with Gasteiger partial charge in [-0.25, -0.2) is 0 Å². The first-order valence-corrected chi connectivity index (χ1v) is 7.70. The topological polar surface area (TPSA) is 38.1 Å². The first-order valence-electron chi connectivity index (χ1n) is 5.75. The standard InChI is InChI=1S/C12H12Cl3N3OS/c1-17(2)3-4-18-10(8(13)6-16-18)11(19)7-5-9(14)20-12(7)15/h5-6H,3-4H2,1-2H3. The third-order valence-corrected chi connectivity index (χ3v) is 4.43. The molecule has 2 rings (SSSR count). The second kappa shape index (κ2) is 6.45. The molecule has 2 aromatic heterocycles. The van der Waals surface area contributed by atoms with Crippen LogP contribution in [0.1, 0.15) is 16.1 Å². The molecule has 8 heteroatoms. The van der Waals surface area contributed by atoms with E-state index in [1.807, 2.05) is 19.0 Å². The van der Waals surface area contributed by atoms with Crippen LogP contribution in [0.2, 0.25) is 13.7 Å². The Balaban J connectivity index is 2.34. The first-order chi connectivity index (χ1) is 9.40. The lowest BCUT2D eigenvalue weighted by molar-refractivity contribution is 0.102. The maximum Gasteiger partial charge on any atom is 0.214 e. The van der Waals surface area contributed by atoms with Crippen LogP contribution in [0.3, 0.4) is 0 Å². The molecule has 0 aromatic carbocycles. The van der Waals surface area contributed by atoms with Crippen molar-refractivity contribution in [2.75, 3.05) is 20.6 Å². The van der Waals surface area contributed by atoms with Crippen molar-refractivity contribution in [3.8, 4) is 0 Å². The van der Waals surface area contributed by atoms with Crippen molar-refractivity contribution in [3.05, 3.63) is 37.2 Å². The van der Waals surface area contributed by atoms with Gasteiger partial charge in [-0.2, -0.15) is 5.10 Å². The molecule has 4 nitrogen and oxygen atoms in total. The molecule has 0 N–H and O–H groups in total. The Morgan fingerprint density at radius 3 is 2.65 bits per heavy atom. The van der Waals surface area contributed by atoms with Crippen molar-refractivity contribution in [1.29, 1.82) is 0 Å². The molecule has 0 aliphatic rings. The molecule has 2 aromatic rings. The van der Waals surface area contributed by atoms with Gasteiger partial charge < -0.3 is 4.90 Å². The van der Waals surface area contributed by atoms with Gasteiger partial charge in [-0.3, -0.25) is 9.48 Å². The number of aromatic nitrogens is 2. The van der Waals surface area contributed by atoms with Crippen LogP contribution in [-0.4, -0.2) is 41.1 Å². The third kappa shape index (κ3) is 3.35. The average molecular weight is 353 g/mol. The SMILES string of the molecule is CN(C)CCn1ncc(Cl)c1C(=O)c1cc(Cl)sc1Cl. The first kappa shape index (κ1) is 15.8. The summed E-state index contributed by atoms with van der Waals surface area (Å²) in [6, 6.07) is 1.55. The molecule has 0 aliphatic carbocycles. The summed E-state index contributed by atoms with van der Waals surface area (Å²) >= 11 is 19.1. The van der Waals surface area contributed by atoms with Gasteiger partial charge in [-0.15, -0.1) is 11.3 Å². The maximum atomic E-state index is 12.5. The molecule has 0 bridgehead atoms. The molecule has 0 amide bonds. The molecule has 108 valence electrons. The molecular formula is C12H12Cl3N3OS. The van der Waals surface area contributed by atoms with Gasteiger partial charge in [0.2, 0.25) is 5.78 Å². The van der Waals surface area contributed by atoms with E-state index in [0.29, 0.717) is 31.5 Å². The van der Waals surface area contributed by atoms with Crippen LogP contribution >= 0.6 is 46.1 Å². The second-order valence-electron chi connectivity index (χ2n) is 4.43. The summed E-state index contributed by atoms with van der Waals surface area (Å²) in [4.78, 5) is 14.5. The zero-order valence-corrected chi connectivity index (χ0v) is 13.9. The van der Waals surface area contributed by atoms with Gasteiger partial charge in [0.25, 0.3) is 0 Å². The molecule has 20 heavy (non-hydrogen) atoms. The smallest absolute Gasteiger partial charge is 0.214 e. The number of carbonyl (C=O) groups is 1. The summed E-state index contributed by atoms with van der Waals surface area (Å²) in [6.07, 6.45) is 1.46. The summed E-state index contributed by atoms with van der Waals surface area (Å²) < 4.78 is 2.41. The van der Waals surface area contributed by atoms with E-state index >= 15 is 0 Å². The zero-order chi connectivity index (χ0) is 14.9. The molecular weight excluding hydrogens is 341 g/mol. The van der Waals surface area contributed by atoms with Crippen LogP contribution < -0.4 is 0 Å². The fraction of sp³-hybridized carbons (Fsp3) is 0.333. The Kier molecular flexibility index (Phi) is 5.09. The molecule has 0 saturated carbocycles. The van der Waals surface area contributed by atoms with Gasteiger partial charge >= 0.3 is 0 Å². The van der Waals surface area contributed by atoms with E-state index < -0.39 is 0 Å². The van der Waals surface area contributed by atoms with Crippen molar-refractivity contribution < 1.29 is 4.79 Å². The van der Waals surface area contributed by atoms with E-state index in [1.54, 1.807) is 10.7 Å². The normalized spacial score (nSPS) is 11.3. The molecule has 0 saturated heterocycles. The summed E-state index contributed by atoms with van der Waals surface area (Å²) in [5.74, 6) is -0.264. The van der Waals surface area contributed by atoms with Crippen LogP contribution in [0.25, 0.3) is 0 Å². The van der Waals surface area contributed by atoms with E-state index in [9.17, 15) is 4.79 Å². The van der Waals surface area contributed by atoms with Gasteiger partial charge in [0, 0.05) is 6.54 Å². The molecule has 0 unspecified atom stereocenters. The van der Waals surface area contributed by atoms with E-state index in [2.05, 4.69) is 5.10 Å². The van der Waals surface area contributed by atoms with Gasteiger partial charge in [-0.1, -0.05) is 34.8 Å². The maximum absolute atomic E-state index is 12.5. The van der Waals surface area contributed by atoms with Crippen LogP contribution in [0.15, 0.2) is 12.3 Å². The number of hydrogen-bond acceptors (Lipinski definition) is 4. The molecule has 0 fully saturated rings. The Hall–Kier alpha value is -0.590. The molecule has 0 aliphatic heterocycles. The Morgan fingerprint density at radius 2 is 2.10 bits per heavy atom. The minimum atomic E-state index is -0.264. The van der Waals surface area contributed by atoms with E-state index in [1.165, 1.54) is 6.20 Å². The molecule has 0 spiro atoms. The summed E-state index contributed by atoms with van der Waals surface area (Å²) in [5.41, 5.74) is 0.694. The van der Waals surface area contributed by atoms with E-state index in [4.69, 9.17) is 34.8 Å². The van der Waals surface area contributed by atoms with Crippen LogP contribution in [0.4, 0.5) is 0 Å². The Labute approximate surface area is 135 Å². The number of halogens is 3. The van der Waals surface area contributed by atoms with Crippen molar-refractivity contribution in [2.45, 2.75) is 6.54 Å². The molecule has 2 heterocycles. The monoisotopic (exact) mass is 351 g/mol.